The molecule has 1 atom stereocenters. The lowest BCUT2D eigenvalue weighted by molar-refractivity contribution is 0.506. The van der Waals surface area contributed by atoms with Gasteiger partial charge in [-0.25, -0.2) is 4.68 Å². The second-order valence-corrected chi connectivity index (χ2v) is 3.20. The molecule has 0 aliphatic heterocycles. The zero-order valence-electron chi connectivity index (χ0n) is 7.81. The van der Waals surface area contributed by atoms with E-state index in [4.69, 9.17) is 5.73 Å². The van der Waals surface area contributed by atoms with Gasteiger partial charge in [0, 0.05) is 24.8 Å². The van der Waals surface area contributed by atoms with Crippen molar-refractivity contribution < 1.29 is 0 Å². The first-order chi connectivity index (χ1) is 6.20. The largest absolute Gasteiger partial charge is 0.328 e. The second-order valence-electron chi connectivity index (χ2n) is 3.20. The number of hydrogen-bond donors (Lipinski definition) is 1. The van der Waals surface area contributed by atoms with Gasteiger partial charge in [-0.2, -0.15) is 5.10 Å². The monoisotopic (exact) mass is 181 g/mol. The van der Waals surface area contributed by atoms with E-state index >= 15 is 0 Å². The second kappa shape index (κ2) is 4.77. The van der Waals surface area contributed by atoms with Gasteiger partial charge in [-0.3, -0.25) is 4.79 Å². The summed E-state index contributed by atoms with van der Waals surface area (Å²) in [5, 5.41) is 3.94. The maximum Gasteiger partial charge on any atom is 0.266 e. The standard InChI is InChI=1S/C9H15N3O/c1-8(10)4-3-7-12-9(13)5-2-6-11-12/h2,5-6,8H,3-4,7,10H2,1H3. The fourth-order valence-electron chi connectivity index (χ4n) is 1.12. The third kappa shape index (κ3) is 3.38. The van der Waals surface area contributed by atoms with Crippen LogP contribution in [0.15, 0.2) is 23.1 Å². The Kier molecular flexibility index (Phi) is 3.64. The molecule has 0 radical (unpaired) electrons. The lowest BCUT2D eigenvalue weighted by Gasteiger charge is -2.05. The Morgan fingerprint density at radius 1 is 1.69 bits per heavy atom. The zero-order chi connectivity index (χ0) is 9.68. The Hall–Kier alpha value is -1.16. The molecule has 1 aromatic rings. The topological polar surface area (TPSA) is 60.9 Å². The molecule has 0 spiro atoms. The third-order valence-electron chi connectivity index (χ3n) is 1.81. The molecular weight excluding hydrogens is 166 g/mol. The van der Waals surface area contributed by atoms with Crippen molar-refractivity contribution in [3.05, 3.63) is 28.7 Å². The van der Waals surface area contributed by atoms with E-state index in [0.29, 0.717) is 6.54 Å². The predicted octanol–water partition coefficient (Wildman–Crippen LogP) is 0.371. The number of nitrogens with two attached hydrogens (primary N) is 1. The average Bonchev–Trinajstić information content (AvgIpc) is 2.08. The number of hydrogen-bond acceptors (Lipinski definition) is 3. The molecule has 1 aromatic heterocycles. The van der Waals surface area contributed by atoms with E-state index in [-0.39, 0.29) is 11.6 Å². The summed E-state index contributed by atoms with van der Waals surface area (Å²) in [7, 11) is 0. The van der Waals surface area contributed by atoms with E-state index in [1.54, 1.807) is 12.3 Å². The van der Waals surface area contributed by atoms with Crippen LogP contribution in [0.4, 0.5) is 0 Å². The molecule has 0 aliphatic rings. The summed E-state index contributed by atoms with van der Waals surface area (Å²) in [6, 6.07) is 3.35. The van der Waals surface area contributed by atoms with Gasteiger partial charge in [0.25, 0.3) is 5.56 Å². The quantitative estimate of drug-likeness (QED) is 0.730. The van der Waals surface area contributed by atoms with Gasteiger partial charge >= 0.3 is 0 Å². The van der Waals surface area contributed by atoms with Crippen LogP contribution >= 0.6 is 0 Å². The molecule has 0 saturated carbocycles. The maximum atomic E-state index is 11.2. The van der Waals surface area contributed by atoms with Crippen LogP contribution in [0.3, 0.4) is 0 Å². The highest BCUT2D eigenvalue weighted by Gasteiger charge is 1.97. The molecule has 1 rings (SSSR count). The van der Waals surface area contributed by atoms with Crippen LogP contribution in [0.2, 0.25) is 0 Å². The lowest BCUT2D eigenvalue weighted by atomic mass is 10.2. The number of nitrogens with zero attached hydrogens (tertiary/aromatic N) is 2. The Balaban J connectivity index is 2.46. The minimum absolute atomic E-state index is 0.0489. The molecule has 72 valence electrons. The van der Waals surface area contributed by atoms with E-state index in [9.17, 15) is 4.79 Å². The van der Waals surface area contributed by atoms with Crippen LogP contribution < -0.4 is 11.3 Å². The minimum atomic E-state index is -0.0489. The highest BCUT2D eigenvalue weighted by molar-refractivity contribution is 4.84. The fraction of sp³-hybridized carbons (Fsp3) is 0.556. The molecule has 0 aromatic carbocycles. The predicted molar refractivity (Wildman–Crippen MR) is 51.4 cm³/mol. The van der Waals surface area contributed by atoms with E-state index in [1.807, 2.05) is 6.92 Å². The molecule has 13 heavy (non-hydrogen) atoms. The molecular formula is C9H15N3O. The van der Waals surface area contributed by atoms with Gasteiger partial charge in [0.2, 0.25) is 0 Å². The Labute approximate surface area is 77.4 Å². The van der Waals surface area contributed by atoms with Crippen LogP contribution in [0.25, 0.3) is 0 Å². The third-order valence-corrected chi connectivity index (χ3v) is 1.81. The Bertz CT molecular complexity index is 306. The molecule has 2 N–H and O–H groups in total. The zero-order valence-corrected chi connectivity index (χ0v) is 7.81. The maximum absolute atomic E-state index is 11.2. The first-order valence-electron chi connectivity index (χ1n) is 4.48. The van der Waals surface area contributed by atoms with Crippen molar-refractivity contribution in [3.8, 4) is 0 Å². The molecule has 4 heteroatoms. The summed E-state index contributed by atoms with van der Waals surface area (Å²) in [4.78, 5) is 11.2. The van der Waals surface area contributed by atoms with Gasteiger partial charge < -0.3 is 5.73 Å². The molecule has 1 heterocycles. The van der Waals surface area contributed by atoms with Crippen molar-refractivity contribution in [1.29, 1.82) is 0 Å². The van der Waals surface area contributed by atoms with Crippen molar-refractivity contribution >= 4 is 0 Å². The Morgan fingerprint density at radius 2 is 2.46 bits per heavy atom. The summed E-state index contributed by atoms with van der Waals surface area (Å²) in [5.41, 5.74) is 5.54. The molecule has 0 bridgehead atoms. The molecule has 0 aliphatic carbocycles. The summed E-state index contributed by atoms with van der Waals surface area (Å²) in [6.45, 7) is 2.61. The first-order valence-corrected chi connectivity index (χ1v) is 4.48. The normalized spacial score (nSPS) is 12.8. The minimum Gasteiger partial charge on any atom is -0.328 e. The summed E-state index contributed by atoms with van der Waals surface area (Å²) < 4.78 is 1.46. The number of rotatable bonds is 4. The van der Waals surface area contributed by atoms with Crippen molar-refractivity contribution in [2.45, 2.75) is 32.4 Å². The van der Waals surface area contributed by atoms with Crippen LogP contribution in [-0.4, -0.2) is 15.8 Å². The molecule has 0 fully saturated rings. The smallest absolute Gasteiger partial charge is 0.266 e. The van der Waals surface area contributed by atoms with Crippen LogP contribution in [0.5, 0.6) is 0 Å². The number of aromatic nitrogens is 2. The van der Waals surface area contributed by atoms with Gasteiger partial charge in [0.1, 0.15) is 0 Å². The highest BCUT2D eigenvalue weighted by Crippen LogP contribution is 1.94. The van der Waals surface area contributed by atoms with E-state index in [0.717, 1.165) is 12.8 Å². The van der Waals surface area contributed by atoms with E-state index in [2.05, 4.69) is 5.10 Å². The molecule has 0 saturated heterocycles. The van der Waals surface area contributed by atoms with Gasteiger partial charge in [0.15, 0.2) is 0 Å². The van der Waals surface area contributed by atoms with Gasteiger partial charge in [-0.15, -0.1) is 0 Å². The lowest BCUT2D eigenvalue weighted by Crippen LogP contribution is -2.22. The molecule has 4 nitrogen and oxygen atoms in total. The van der Waals surface area contributed by atoms with Crippen molar-refractivity contribution in [1.82, 2.24) is 9.78 Å². The fourth-order valence-corrected chi connectivity index (χ4v) is 1.12. The van der Waals surface area contributed by atoms with Crippen molar-refractivity contribution in [2.24, 2.45) is 5.73 Å². The van der Waals surface area contributed by atoms with Gasteiger partial charge in [-0.05, 0) is 25.8 Å². The Morgan fingerprint density at radius 3 is 3.08 bits per heavy atom. The van der Waals surface area contributed by atoms with Crippen LogP contribution in [-0.2, 0) is 6.54 Å². The summed E-state index contributed by atoms with van der Waals surface area (Å²) >= 11 is 0. The van der Waals surface area contributed by atoms with Crippen LogP contribution in [0, 0.1) is 0 Å². The van der Waals surface area contributed by atoms with Gasteiger partial charge in [0.05, 0.1) is 0 Å². The first kappa shape index (κ1) is 9.92. The van der Waals surface area contributed by atoms with Gasteiger partial charge in [-0.1, -0.05) is 0 Å². The number of aryl methyl sites for hydroxylation is 1. The van der Waals surface area contributed by atoms with Crippen molar-refractivity contribution in [3.63, 3.8) is 0 Å². The van der Waals surface area contributed by atoms with Crippen molar-refractivity contribution in [2.75, 3.05) is 0 Å². The molecule has 1 unspecified atom stereocenters. The van der Waals surface area contributed by atoms with E-state index < -0.39 is 0 Å². The average molecular weight is 181 g/mol. The molecule has 0 amide bonds. The van der Waals surface area contributed by atoms with Crippen LogP contribution in [0.1, 0.15) is 19.8 Å². The summed E-state index contributed by atoms with van der Waals surface area (Å²) in [6.07, 6.45) is 3.44. The van der Waals surface area contributed by atoms with E-state index in [1.165, 1.54) is 10.7 Å². The SMILES string of the molecule is CC(N)CCCn1ncccc1=O. The highest BCUT2D eigenvalue weighted by atomic mass is 16.1. The summed E-state index contributed by atoms with van der Waals surface area (Å²) in [5.74, 6) is 0.